The Morgan fingerprint density at radius 1 is 0.867 bits per heavy atom. The van der Waals surface area contributed by atoms with Crippen LogP contribution in [0.25, 0.3) is 0 Å². The highest BCUT2D eigenvalue weighted by Crippen LogP contribution is 2.68. The van der Waals surface area contributed by atoms with E-state index in [1.54, 1.807) is 0 Å². The minimum Gasteiger partial charge on any atom is -0.481 e. The van der Waals surface area contributed by atoms with Gasteiger partial charge in [-0.15, -0.1) is 0 Å². The SMILES string of the molecule is CC(C(=O)O)[C@@H](C)CC[C@@H](C)[C@H]1CC[C@H]2[C@@H]3CCC4CCCC[C@]4(C)[C@H]3CC[C@]12C. The van der Waals surface area contributed by atoms with Crippen molar-refractivity contribution in [1.29, 1.82) is 0 Å². The third-order valence-electron chi connectivity index (χ3n) is 11.7. The molecule has 0 aromatic carbocycles. The van der Waals surface area contributed by atoms with Crippen LogP contribution in [-0.2, 0) is 4.79 Å². The summed E-state index contributed by atoms with van der Waals surface area (Å²) < 4.78 is 0. The van der Waals surface area contributed by atoms with Gasteiger partial charge in [-0.25, -0.2) is 0 Å². The first-order valence-corrected chi connectivity index (χ1v) is 13.4. The molecule has 4 saturated carbocycles. The predicted molar refractivity (Wildman–Crippen MR) is 124 cm³/mol. The van der Waals surface area contributed by atoms with E-state index in [1.807, 2.05) is 6.92 Å². The maximum atomic E-state index is 11.3. The van der Waals surface area contributed by atoms with Crippen LogP contribution in [0.1, 0.15) is 112 Å². The van der Waals surface area contributed by atoms with Gasteiger partial charge >= 0.3 is 5.97 Å². The predicted octanol–water partition coefficient (Wildman–Crippen LogP) is 7.81. The van der Waals surface area contributed by atoms with Crippen LogP contribution in [0, 0.1) is 58.2 Å². The van der Waals surface area contributed by atoms with Gasteiger partial charge in [0, 0.05) is 0 Å². The maximum Gasteiger partial charge on any atom is 0.306 e. The van der Waals surface area contributed by atoms with Crippen molar-refractivity contribution in [2.24, 2.45) is 58.2 Å². The molecule has 30 heavy (non-hydrogen) atoms. The number of carbonyl (C=O) groups is 1. The number of carboxylic acids is 1. The second-order valence-electron chi connectivity index (χ2n) is 12.8. The molecule has 0 spiro atoms. The normalized spacial score (nSPS) is 46.2. The maximum absolute atomic E-state index is 11.3. The molecule has 0 saturated heterocycles. The Kier molecular flexibility index (Phi) is 6.37. The zero-order valence-electron chi connectivity index (χ0n) is 20.5. The van der Waals surface area contributed by atoms with Gasteiger partial charge in [0.05, 0.1) is 5.92 Å². The first-order valence-electron chi connectivity index (χ1n) is 13.4. The average Bonchev–Trinajstić information content (AvgIpc) is 3.07. The van der Waals surface area contributed by atoms with Crippen LogP contribution < -0.4 is 0 Å². The molecule has 0 amide bonds. The van der Waals surface area contributed by atoms with E-state index in [1.165, 1.54) is 70.6 Å². The molecule has 0 aromatic rings. The Morgan fingerprint density at radius 2 is 1.60 bits per heavy atom. The van der Waals surface area contributed by atoms with E-state index >= 15 is 0 Å². The summed E-state index contributed by atoms with van der Waals surface area (Å²) in [5, 5.41) is 9.34. The lowest BCUT2D eigenvalue weighted by Crippen LogP contribution is -2.53. The van der Waals surface area contributed by atoms with Crippen molar-refractivity contribution in [1.82, 2.24) is 0 Å². The second-order valence-corrected chi connectivity index (χ2v) is 12.8. The Hall–Kier alpha value is -0.530. The van der Waals surface area contributed by atoms with E-state index in [0.29, 0.717) is 10.8 Å². The fourth-order valence-electron chi connectivity index (χ4n) is 9.49. The monoisotopic (exact) mass is 416 g/mol. The Labute approximate surface area is 186 Å². The zero-order chi connectivity index (χ0) is 21.7. The molecule has 0 aliphatic heterocycles. The molecule has 4 fully saturated rings. The Balaban J connectivity index is 1.43. The van der Waals surface area contributed by atoms with E-state index in [-0.39, 0.29) is 11.8 Å². The highest BCUT2D eigenvalue weighted by molar-refractivity contribution is 5.69. The second kappa shape index (κ2) is 8.43. The van der Waals surface area contributed by atoms with Gasteiger partial charge in [-0.05, 0) is 110 Å². The van der Waals surface area contributed by atoms with Gasteiger partial charge in [-0.1, -0.05) is 53.9 Å². The van der Waals surface area contributed by atoms with Crippen molar-refractivity contribution in [3.05, 3.63) is 0 Å². The largest absolute Gasteiger partial charge is 0.481 e. The number of aliphatic carboxylic acids is 1. The summed E-state index contributed by atoms with van der Waals surface area (Å²) in [5.74, 6) is 5.00. The first kappa shape index (κ1) is 22.7. The van der Waals surface area contributed by atoms with Crippen LogP contribution in [0.5, 0.6) is 0 Å². The molecule has 2 nitrogen and oxygen atoms in total. The summed E-state index contributed by atoms with van der Waals surface area (Å²) in [6.45, 7) is 11.9. The standard InChI is InChI=1S/C28H48O2/c1-18(20(3)26(29)30)9-10-19(2)23-13-14-24-22-12-11-21-8-6-7-16-27(21,4)25(22)15-17-28(23,24)5/h18-25H,6-17H2,1-5H3,(H,29,30)/t18-,19+,20?,21?,22-,23+,24-,25-,27-,28+/m0/s1. The summed E-state index contributed by atoms with van der Waals surface area (Å²) >= 11 is 0. The van der Waals surface area contributed by atoms with Crippen LogP contribution in [0.15, 0.2) is 0 Å². The van der Waals surface area contributed by atoms with Crippen molar-refractivity contribution >= 4 is 5.97 Å². The molecule has 4 rings (SSSR count). The van der Waals surface area contributed by atoms with Gasteiger partial charge in [0.1, 0.15) is 0 Å². The number of carboxylic acid groups (broad SMARTS) is 1. The van der Waals surface area contributed by atoms with Crippen LogP contribution in [0.4, 0.5) is 0 Å². The molecule has 1 N–H and O–H groups in total. The lowest BCUT2D eigenvalue weighted by molar-refractivity contribution is -0.142. The van der Waals surface area contributed by atoms with Gasteiger partial charge in [0.15, 0.2) is 0 Å². The molecule has 0 bridgehead atoms. The molecule has 4 aliphatic rings. The Bertz CT molecular complexity index is 628. The van der Waals surface area contributed by atoms with E-state index in [4.69, 9.17) is 0 Å². The van der Waals surface area contributed by atoms with Crippen molar-refractivity contribution < 1.29 is 9.90 Å². The van der Waals surface area contributed by atoms with Crippen LogP contribution in [-0.4, -0.2) is 11.1 Å². The number of hydrogen-bond donors (Lipinski definition) is 1. The number of rotatable bonds is 6. The smallest absolute Gasteiger partial charge is 0.306 e. The first-order chi connectivity index (χ1) is 14.2. The summed E-state index contributed by atoms with van der Waals surface area (Å²) in [6, 6.07) is 0. The van der Waals surface area contributed by atoms with Crippen molar-refractivity contribution in [2.45, 2.75) is 112 Å². The molecule has 10 atom stereocenters. The fraction of sp³-hybridized carbons (Fsp3) is 0.964. The van der Waals surface area contributed by atoms with E-state index in [0.717, 1.165) is 41.9 Å². The van der Waals surface area contributed by atoms with Crippen molar-refractivity contribution in [3.8, 4) is 0 Å². The van der Waals surface area contributed by atoms with Crippen LogP contribution >= 0.6 is 0 Å². The molecule has 0 heterocycles. The molecule has 2 heteroatoms. The lowest BCUT2D eigenvalue weighted by atomic mass is 9.44. The van der Waals surface area contributed by atoms with Crippen molar-refractivity contribution in [2.75, 3.05) is 0 Å². The summed E-state index contributed by atoms with van der Waals surface area (Å²) in [6.07, 6.45) is 17.1. The minimum atomic E-state index is -0.631. The van der Waals surface area contributed by atoms with Gasteiger partial charge < -0.3 is 5.11 Å². The molecule has 0 radical (unpaired) electrons. The summed E-state index contributed by atoms with van der Waals surface area (Å²) in [5.41, 5.74) is 1.19. The lowest BCUT2D eigenvalue weighted by Gasteiger charge is -2.61. The molecular weight excluding hydrogens is 368 g/mol. The van der Waals surface area contributed by atoms with E-state index < -0.39 is 5.97 Å². The quantitative estimate of drug-likeness (QED) is 0.479. The fourth-order valence-corrected chi connectivity index (χ4v) is 9.49. The zero-order valence-corrected chi connectivity index (χ0v) is 20.5. The van der Waals surface area contributed by atoms with E-state index in [9.17, 15) is 9.90 Å². The molecule has 172 valence electrons. The van der Waals surface area contributed by atoms with Gasteiger partial charge in [0.25, 0.3) is 0 Å². The third-order valence-corrected chi connectivity index (χ3v) is 11.7. The van der Waals surface area contributed by atoms with Gasteiger partial charge in [-0.2, -0.15) is 0 Å². The highest BCUT2D eigenvalue weighted by atomic mass is 16.4. The average molecular weight is 417 g/mol. The number of hydrogen-bond acceptors (Lipinski definition) is 1. The van der Waals surface area contributed by atoms with Crippen LogP contribution in [0.2, 0.25) is 0 Å². The highest BCUT2D eigenvalue weighted by Gasteiger charge is 2.60. The number of fused-ring (bicyclic) bond motifs is 5. The van der Waals surface area contributed by atoms with Gasteiger partial charge in [0.2, 0.25) is 0 Å². The summed E-state index contributed by atoms with van der Waals surface area (Å²) in [7, 11) is 0. The Morgan fingerprint density at radius 3 is 2.33 bits per heavy atom. The summed E-state index contributed by atoms with van der Waals surface area (Å²) in [4.78, 5) is 11.3. The van der Waals surface area contributed by atoms with Gasteiger partial charge in [-0.3, -0.25) is 4.79 Å². The van der Waals surface area contributed by atoms with Crippen molar-refractivity contribution in [3.63, 3.8) is 0 Å². The molecule has 4 aliphatic carbocycles. The third kappa shape index (κ3) is 3.66. The molecular formula is C28H48O2. The van der Waals surface area contributed by atoms with E-state index in [2.05, 4.69) is 27.7 Å². The molecule has 0 aromatic heterocycles. The molecule has 2 unspecified atom stereocenters. The minimum absolute atomic E-state index is 0.217. The van der Waals surface area contributed by atoms with Crippen LogP contribution in [0.3, 0.4) is 0 Å². The topological polar surface area (TPSA) is 37.3 Å².